The second-order valence-electron chi connectivity index (χ2n) is 6.07. The summed E-state index contributed by atoms with van der Waals surface area (Å²) in [5.74, 6) is 0.912. The highest BCUT2D eigenvalue weighted by molar-refractivity contribution is 7.90. The number of sulfone groups is 1. The Morgan fingerprint density at radius 1 is 1.25 bits per heavy atom. The molecular formula is C18H27N3O2S. The average Bonchev–Trinajstić information content (AvgIpc) is 2.55. The van der Waals surface area contributed by atoms with Gasteiger partial charge in [0.05, 0.1) is 12.3 Å². The number of likely N-dealkylation sites (tertiary alicyclic amines) is 1. The van der Waals surface area contributed by atoms with Gasteiger partial charge >= 0.3 is 0 Å². The lowest BCUT2D eigenvalue weighted by Crippen LogP contribution is -2.44. The normalized spacial score (nSPS) is 16.2. The molecule has 1 aliphatic rings. The highest BCUT2D eigenvalue weighted by Crippen LogP contribution is 2.19. The summed E-state index contributed by atoms with van der Waals surface area (Å²) >= 11 is 0. The maximum atomic E-state index is 11.3. The lowest BCUT2D eigenvalue weighted by Gasteiger charge is -2.31. The van der Waals surface area contributed by atoms with Crippen LogP contribution >= 0.6 is 0 Å². The van der Waals surface area contributed by atoms with Crippen LogP contribution in [0.5, 0.6) is 0 Å². The first-order valence-electron chi connectivity index (χ1n) is 8.43. The van der Waals surface area contributed by atoms with Gasteiger partial charge in [-0.3, -0.25) is 4.99 Å². The van der Waals surface area contributed by atoms with Gasteiger partial charge in [-0.25, -0.2) is 8.42 Å². The molecule has 2 rings (SSSR count). The first-order valence-corrected chi connectivity index (χ1v) is 10.5. The predicted octanol–water partition coefficient (Wildman–Crippen LogP) is 2.18. The summed E-state index contributed by atoms with van der Waals surface area (Å²) in [4.78, 5) is 6.68. The fourth-order valence-corrected chi connectivity index (χ4v) is 3.10. The molecule has 1 fully saturated rings. The Kier molecular flexibility index (Phi) is 6.85. The highest BCUT2D eigenvalue weighted by Gasteiger charge is 2.17. The SMILES string of the molecule is CCNC(=NCCS(C)(=O)=O)N1CCC(=Cc2ccccc2)CC1. The lowest BCUT2D eigenvalue weighted by atomic mass is 10.0. The van der Waals surface area contributed by atoms with Crippen LogP contribution in [0.4, 0.5) is 0 Å². The molecule has 0 spiro atoms. The van der Waals surface area contributed by atoms with E-state index >= 15 is 0 Å². The van der Waals surface area contributed by atoms with E-state index in [1.807, 2.05) is 13.0 Å². The first-order chi connectivity index (χ1) is 11.5. The van der Waals surface area contributed by atoms with Gasteiger partial charge in [0, 0.05) is 25.9 Å². The van der Waals surface area contributed by atoms with E-state index in [1.165, 1.54) is 17.4 Å². The van der Waals surface area contributed by atoms with Gasteiger partial charge in [-0.2, -0.15) is 0 Å². The summed E-state index contributed by atoms with van der Waals surface area (Å²) in [6.07, 6.45) is 5.53. The van der Waals surface area contributed by atoms with E-state index in [2.05, 4.69) is 45.6 Å². The number of hydrogen-bond donors (Lipinski definition) is 1. The monoisotopic (exact) mass is 349 g/mol. The van der Waals surface area contributed by atoms with E-state index in [-0.39, 0.29) is 5.75 Å². The molecule has 1 N–H and O–H groups in total. The molecule has 1 aliphatic heterocycles. The van der Waals surface area contributed by atoms with E-state index in [0.717, 1.165) is 38.4 Å². The van der Waals surface area contributed by atoms with Crippen molar-refractivity contribution in [2.75, 3.05) is 38.2 Å². The number of piperidine rings is 1. The molecule has 1 saturated heterocycles. The predicted molar refractivity (Wildman–Crippen MR) is 101 cm³/mol. The van der Waals surface area contributed by atoms with Crippen molar-refractivity contribution in [3.05, 3.63) is 41.5 Å². The molecule has 1 aromatic carbocycles. The zero-order valence-corrected chi connectivity index (χ0v) is 15.3. The molecule has 1 aromatic rings. The quantitative estimate of drug-likeness (QED) is 0.654. The first kappa shape index (κ1) is 18.5. The molecule has 0 aromatic heterocycles. The Labute approximate surface area is 145 Å². The van der Waals surface area contributed by atoms with Crippen LogP contribution in [0.25, 0.3) is 6.08 Å². The number of hydrogen-bond acceptors (Lipinski definition) is 3. The van der Waals surface area contributed by atoms with Gasteiger partial charge in [0.1, 0.15) is 9.84 Å². The van der Waals surface area contributed by atoms with Gasteiger partial charge in [0.25, 0.3) is 0 Å². The molecule has 24 heavy (non-hydrogen) atoms. The molecule has 1 heterocycles. The number of aliphatic imine (C=N–C) groups is 1. The molecule has 0 amide bonds. The highest BCUT2D eigenvalue weighted by atomic mass is 32.2. The molecule has 132 valence electrons. The van der Waals surface area contributed by atoms with Crippen molar-refractivity contribution in [3.63, 3.8) is 0 Å². The minimum atomic E-state index is -2.97. The Morgan fingerprint density at radius 3 is 2.50 bits per heavy atom. The lowest BCUT2D eigenvalue weighted by molar-refractivity contribution is 0.376. The van der Waals surface area contributed by atoms with Crippen molar-refractivity contribution < 1.29 is 8.42 Å². The van der Waals surface area contributed by atoms with Crippen LogP contribution in [0, 0.1) is 0 Å². The van der Waals surface area contributed by atoms with E-state index in [0.29, 0.717) is 6.54 Å². The smallest absolute Gasteiger partial charge is 0.193 e. The van der Waals surface area contributed by atoms with E-state index in [9.17, 15) is 8.42 Å². The molecule has 0 aliphatic carbocycles. The molecule has 0 unspecified atom stereocenters. The Hall–Kier alpha value is -1.82. The van der Waals surface area contributed by atoms with Crippen LogP contribution in [-0.4, -0.2) is 57.5 Å². The molecular weight excluding hydrogens is 322 g/mol. The molecule has 0 saturated carbocycles. The van der Waals surface area contributed by atoms with Crippen molar-refractivity contribution in [2.45, 2.75) is 19.8 Å². The van der Waals surface area contributed by atoms with Crippen LogP contribution < -0.4 is 5.32 Å². The van der Waals surface area contributed by atoms with Crippen LogP contribution in [0.1, 0.15) is 25.3 Å². The molecule has 5 nitrogen and oxygen atoms in total. The van der Waals surface area contributed by atoms with Crippen LogP contribution in [-0.2, 0) is 9.84 Å². The molecule has 6 heteroatoms. The van der Waals surface area contributed by atoms with E-state index in [1.54, 1.807) is 0 Å². The van der Waals surface area contributed by atoms with Gasteiger partial charge in [0.2, 0.25) is 0 Å². The summed E-state index contributed by atoms with van der Waals surface area (Å²) in [7, 11) is -2.97. The van der Waals surface area contributed by atoms with E-state index < -0.39 is 9.84 Å². The topological polar surface area (TPSA) is 61.8 Å². The van der Waals surface area contributed by atoms with Crippen molar-refractivity contribution in [3.8, 4) is 0 Å². The fourth-order valence-electron chi connectivity index (χ4n) is 2.68. The van der Waals surface area contributed by atoms with Gasteiger partial charge in [-0.15, -0.1) is 0 Å². The van der Waals surface area contributed by atoms with Crippen molar-refractivity contribution in [2.24, 2.45) is 4.99 Å². The third-order valence-corrected chi connectivity index (χ3v) is 4.86. The van der Waals surface area contributed by atoms with Crippen molar-refractivity contribution in [1.29, 1.82) is 0 Å². The zero-order chi connectivity index (χ0) is 17.4. The minimum absolute atomic E-state index is 0.0922. The van der Waals surface area contributed by atoms with E-state index in [4.69, 9.17) is 0 Å². The molecule has 0 radical (unpaired) electrons. The summed E-state index contributed by atoms with van der Waals surface area (Å²) in [6.45, 7) is 4.93. The standard InChI is InChI=1S/C18H27N3O2S/c1-3-19-18(20-11-14-24(2,22)23)21-12-9-17(10-13-21)15-16-7-5-4-6-8-16/h4-8,15H,3,9-14H2,1-2H3,(H,19,20). The zero-order valence-electron chi connectivity index (χ0n) is 14.5. The number of nitrogens with zero attached hydrogens (tertiary/aromatic N) is 2. The van der Waals surface area contributed by atoms with Crippen molar-refractivity contribution >= 4 is 21.9 Å². The largest absolute Gasteiger partial charge is 0.357 e. The van der Waals surface area contributed by atoms with Crippen LogP contribution in [0.2, 0.25) is 0 Å². The Morgan fingerprint density at radius 2 is 1.92 bits per heavy atom. The summed E-state index contributed by atoms with van der Waals surface area (Å²) < 4.78 is 22.5. The van der Waals surface area contributed by atoms with Gasteiger partial charge < -0.3 is 10.2 Å². The number of guanidine groups is 1. The average molecular weight is 350 g/mol. The van der Waals surface area contributed by atoms with Gasteiger partial charge in [-0.1, -0.05) is 42.0 Å². The van der Waals surface area contributed by atoms with Gasteiger partial charge in [0.15, 0.2) is 5.96 Å². The Bertz CT molecular complexity index is 671. The summed E-state index contributed by atoms with van der Waals surface area (Å²) in [5.41, 5.74) is 2.69. The van der Waals surface area contributed by atoms with Crippen LogP contribution in [0.3, 0.4) is 0 Å². The van der Waals surface area contributed by atoms with Crippen LogP contribution in [0.15, 0.2) is 40.9 Å². The number of rotatable bonds is 5. The number of benzene rings is 1. The second kappa shape index (κ2) is 8.87. The number of nitrogens with one attached hydrogen (secondary N) is 1. The maximum Gasteiger partial charge on any atom is 0.193 e. The third-order valence-electron chi connectivity index (χ3n) is 3.93. The summed E-state index contributed by atoms with van der Waals surface area (Å²) in [6, 6.07) is 10.4. The fraction of sp³-hybridized carbons (Fsp3) is 0.500. The Balaban J connectivity index is 1.94. The second-order valence-corrected chi connectivity index (χ2v) is 8.33. The third kappa shape index (κ3) is 6.35. The minimum Gasteiger partial charge on any atom is -0.357 e. The van der Waals surface area contributed by atoms with Crippen molar-refractivity contribution in [1.82, 2.24) is 10.2 Å². The molecule has 0 atom stereocenters. The molecule has 0 bridgehead atoms. The summed E-state index contributed by atoms with van der Waals surface area (Å²) in [5, 5.41) is 3.26. The van der Waals surface area contributed by atoms with Gasteiger partial charge in [-0.05, 0) is 25.3 Å². The maximum absolute atomic E-state index is 11.3.